The second-order valence-electron chi connectivity index (χ2n) is 15.3. The van der Waals surface area contributed by atoms with Gasteiger partial charge in [-0.15, -0.1) is 0 Å². The van der Waals surface area contributed by atoms with Crippen LogP contribution in [0.2, 0.25) is 0 Å². The first-order valence-electron chi connectivity index (χ1n) is 21.5. The molecule has 0 N–H and O–H groups in total. The Morgan fingerprint density at radius 2 is 1.02 bits per heavy atom. The average molecular weight is 770 g/mol. The molecule has 0 bridgehead atoms. The van der Waals surface area contributed by atoms with E-state index in [1.165, 1.54) is 44.9 Å². The quantitative estimate of drug-likeness (QED) is 0.0268. The molecule has 0 aliphatic carbocycles. The zero-order valence-corrected chi connectivity index (χ0v) is 35.6. The molecule has 0 aromatic carbocycles. The van der Waals surface area contributed by atoms with Crippen LogP contribution in [0.4, 0.5) is 0 Å². The van der Waals surface area contributed by atoms with Crippen molar-refractivity contribution in [1.82, 2.24) is 0 Å². The number of carbonyl (C=O) groups excluding carboxylic acids is 3. The van der Waals surface area contributed by atoms with Crippen molar-refractivity contribution in [3.63, 3.8) is 0 Å². The van der Waals surface area contributed by atoms with Gasteiger partial charge in [-0.3, -0.25) is 9.59 Å². The lowest BCUT2D eigenvalue weighted by Gasteiger charge is -2.34. The van der Waals surface area contributed by atoms with Crippen molar-refractivity contribution in [3.05, 3.63) is 72.9 Å². The summed E-state index contributed by atoms with van der Waals surface area (Å²) in [6.45, 7) is 4.44. The number of hydrogen-bond acceptors (Lipinski definition) is 7. The first kappa shape index (κ1) is 51.8. The third kappa shape index (κ3) is 36.2. The highest BCUT2D eigenvalue weighted by atomic mass is 16.6. The molecular formula is C47H79NO7. The lowest BCUT2D eigenvalue weighted by molar-refractivity contribution is -0.889. The lowest BCUT2D eigenvalue weighted by atomic mass is 10.1. The van der Waals surface area contributed by atoms with Gasteiger partial charge in [0.25, 0.3) is 0 Å². The fourth-order valence-electron chi connectivity index (χ4n) is 5.84. The van der Waals surface area contributed by atoms with Crippen LogP contribution >= 0.6 is 0 Å². The molecule has 0 aliphatic heterocycles. The van der Waals surface area contributed by atoms with E-state index in [1.807, 2.05) is 36.5 Å². The first-order chi connectivity index (χ1) is 26.6. The highest BCUT2D eigenvalue weighted by Crippen LogP contribution is 2.12. The van der Waals surface area contributed by atoms with Gasteiger partial charge in [-0.2, -0.15) is 0 Å². The number of carboxylic acid groups (broad SMARTS) is 1. The van der Waals surface area contributed by atoms with Gasteiger partial charge in [0, 0.05) is 19.3 Å². The molecule has 0 rings (SSSR count). The number of aliphatic carboxylic acids is 1. The summed E-state index contributed by atoms with van der Waals surface area (Å²) in [5, 5.41) is 11.6. The minimum Gasteiger partial charge on any atom is -0.544 e. The molecule has 0 radical (unpaired) electrons. The van der Waals surface area contributed by atoms with Crippen LogP contribution in [0.15, 0.2) is 72.9 Å². The molecule has 314 valence electrons. The van der Waals surface area contributed by atoms with Gasteiger partial charge < -0.3 is 28.6 Å². The Hall–Kier alpha value is -3.23. The van der Waals surface area contributed by atoms with Crippen molar-refractivity contribution in [1.29, 1.82) is 0 Å². The first-order valence-corrected chi connectivity index (χ1v) is 21.5. The third-order valence-electron chi connectivity index (χ3n) is 9.20. The Kier molecular flexibility index (Phi) is 35.5. The van der Waals surface area contributed by atoms with Gasteiger partial charge in [0.2, 0.25) is 0 Å². The molecule has 0 aromatic heterocycles. The Morgan fingerprint density at radius 3 is 1.55 bits per heavy atom. The molecule has 0 amide bonds. The highest BCUT2D eigenvalue weighted by molar-refractivity contribution is 5.70. The summed E-state index contributed by atoms with van der Waals surface area (Å²) in [4.78, 5) is 36.8. The van der Waals surface area contributed by atoms with Crippen LogP contribution in [-0.4, -0.2) is 75.5 Å². The topological polar surface area (TPSA) is 102 Å². The summed E-state index contributed by atoms with van der Waals surface area (Å²) in [5.41, 5.74) is 0. The van der Waals surface area contributed by atoms with E-state index in [2.05, 4.69) is 50.3 Å². The summed E-state index contributed by atoms with van der Waals surface area (Å²) in [7, 11) is 5.38. The van der Waals surface area contributed by atoms with E-state index < -0.39 is 18.1 Å². The summed E-state index contributed by atoms with van der Waals surface area (Å²) >= 11 is 0. The predicted molar refractivity (Wildman–Crippen MR) is 226 cm³/mol. The molecule has 55 heavy (non-hydrogen) atoms. The van der Waals surface area contributed by atoms with Crippen LogP contribution in [0.5, 0.6) is 0 Å². The predicted octanol–water partition coefficient (Wildman–Crippen LogP) is 10.2. The standard InChI is InChI=1S/C47H79NO7/c1-6-8-10-12-14-16-18-20-21-22-23-24-26-28-30-32-34-36-38-46(50)55-43(41-53-40-39-44(47(51)52)48(3,4)5)42-54-45(49)37-35-33-31-29-27-25-19-17-15-13-11-9-7-2/h9,11,13,15,17,19,21-25,27,43-44H,6-8,10,12,14,16,18,20,26,28-42H2,1-5H3/b11-9+,15-13+,19-17+,22-21+,24-23+,27-25+. The van der Waals surface area contributed by atoms with Crippen molar-refractivity contribution in [2.75, 3.05) is 41.0 Å². The molecule has 8 heteroatoms. The molecule has 0 saturated carbocycles. The van der Waals surface area contributed by atoms with E-state index >= 15 is 0 Å². The average Bonchev–Trinajstić information content (AvgIpc) is 3.14. The second kappa shape index (κ2) is 37.7. The number of esters is 2. The molecular weight excluding hydrogens is 691 g/mol. The van der Waals surface area contributed by atoms with Gasteiger partial charge in [0.05, 0.1) is 40.3 Å². The highest BCUT2D eigenvalue weighted by Gasteiger charge is 2.25. The number of ether oxygens (including phenoxy) is 3. The number of quaternary nitrogens is 1. The molecule has 0 saturated heterocycles. The number of nitrogens with zero attached hydrogens (tertiary/aromatic N) is 1. The number of hydrogen-bond donors (Lipinski definition) is 0. The van der Waals surface area contributed by atoms with E-state index in [1.54, 1.807) is 21.1 Å². The van der Waals surface area contributed by atoms with Crippen molar-refractivity contribution in [2.24, 2.45) is 0 Å². The second-order valence-corrected chi connectivity index (χ2v) is 15.3. The molecule has 0 heterocycles. The van der Waals surface area contributed by atoms with Crippen molar-refractivity contribution >= 4 is 17.9 Å². The van der Waals surface area contributed by atoms with E-state index in [9.17, 15) is 19.5 Å². The van der Waals surface area contributed by atoms with Crippen LogP contribution in [0.25, 0.3) is 0 Å². The minimum atomic E-state index is -1.14. The zero-order valence-electron chi connectivity index (χ0n) is 35.6. The number of unbranched alkanes of at least 4 members (excludes halogenated alkanes) is 15. The Labute approximate surface area is 336 Å². The molecule has 0 aromatic rings. The number of likely N-dealkylation sites (N-methyl/N-ethyl adjacent to an activating group) is 1. The summed E-state index contributed by atoms with van der Waals surface area (Å²) < 4.78 is 17.1. The van der Waals surface area contributed by atoms with Gasteiger partial charge in [-0.25, -0.2) is 0 Å². The van der Waals surface area contributed by atoms with Crippen LogP contribution < -0.4 is 5.11 Å². The zero-order chi connectivity index (χ0) is 40.7. The summed E-state index contributed by atoms with van der Waals surface area (Å²) in [6.07, 6.45) is 46.4. The fraction of sp³-hybridized carbons (Fsp3) is 0.681. The largest absolute Gasteiger partial charge is 0.544 e. The van der Waals surface area contributed by atoms with E-state index in [4.69, 9.17) is 14.2 Å². The smallest absolute Gasteiger partial charge is 0.306 e. The van der Waals surface area contributed by atoms with Crippen LogP contribution in [0.3, 0.4) is 0 Å². The minimum absolute atomic E-state index is 0.0176. The maximum absolute atomic E-state index is 12.7. The number of carbonyl (C=O) groups is 3. The molecule has 0 spiro atoms. The maximum Gasteiger partial charge on any atom is 0.306 e. The number of allylic oxidation sites excluding steroid dienone is 12. The van der Waals surface area contributed by atoms with Gasteiger partial charge in [-0.05, 0) is 57.8 Å². The van der Waals surface area contributed by atoms with E-state index in [0.717, 1.165) is 77.0 Å². The van der Waals surface area contributed by atoms with E-state index in [-0.39, 0.29) is 42.7 Å². The van der Waals surface area contributed by atoms with Gasteiger partial charge >= 0.3 is 11.9 Å². The molecule has 8 nitrogen and oxygen atoms in total. The summed E-state index contributed by atoms with van der Waals surface area (Å²) in [6, 6.07) is -0.738. The summed E-state index contributed by atoms with van der Waals surface area (Å²) in [5.74, 6) is -1.82. The van der Waals surface area contributed by atoms with Gasteiger partial charge in [0.1, 0.15) is 12.6 Å². The fourth-order valence-corrected chi connectivity index (χ4v) is 5.84. The Balaban J connectivity index is 4.45. The molecule has 2 unspecified atom stereocenters. The molecule has 0 fully saturated rings. The SMILES string of the molecule is CC/C=C/C=C/C=C/C=C/CCCCCC(=O)OCC(COCCC(C(=O)[O-])[N+](C)(C)C)OC(=O)CCCCCCC/C=C/C=C/CCCCCCCCC. The van der Waals surface area contributed by atoms with Crippen LogP contribution in [-0.2, 0) is 28.6 Å². The Morgan fingerprint density at radius 1 is 0.564 bits per heavy atom. The normalized spacial score (nSPS) is 13.7. The third-order valence-corrected chi connectivity index (χ3v) is 9.20. The Bertz CT molecular complexity index is 1130. The van der Waals surface area contributed by atoms with Crippen LogP contribution in [0.1, 0.15) is 155 Å². The van der Waals surface area contributed by atoms with Crippen molar-refractivity contribution < 1.29 is 38.2 Å². The van der Waals surface area contributed by atoms with Gasteiger partial charge in [0.15, 0.2) is 6.10 Å². The number of carboxylic acids is 1. The molecule has 0 aliphatic rings. The molecule has 2 atom stereocenters. The maximum atomic E-state index is 12.7. The van der Waals surface area contributed by atoms with Crippen molar-refractivity contribution in [2.45, 2.75) is 167 Å². The van der Waals surface area contributed by atoms with Gasteiger partial charge in [-0.1, -0.05) is 151 Å². The van der Waals surface area contributed by atoms with Crippen LogP contribution in [0, 0.1) is 0 Å². The van der Waals surface area contributed by atoms with E-state index in [0.29, 0.717) is 12.8 Å². The number of rotatable bonds is 37. The lowest BCUT2D eigenvalue weighted by Crippen LogP contribution is -2.55. The van der Waals surface area contributed by atoms with Crippen molar-refractivity contribution in [3.8, 4) is 0 Å². The monoisotopic (exact) mass is 770 g/mol.